The van der Waals surface area contributed by atoms with Gasteiger partial charge in [0.25, 0.3) is 11.8 Å². The highest BCUT2D eigenvalue weighted by molar-refractivity contribution is 7.98. The maximum absolute atomic E-state index is 14.4. The third-order valence-electron chi connectivity index (χ3n) is 9.25. The van der Waals surface area contributed by atoms with Crippen molar-refractivity contribution in [2.24, 2.45) is 10.8 Å². The molecule has 0 radical (unpaired) electrons. The molecular weight excluding hydrogens is 775 g/mol. The van der Waals surface area contributed by atoms with Crippen LogP contribution in [0.2, 0.25) is 0 Å². The number of ether oxygens (including phenoxy) is 2. The lowest BCUT2D eigenvalue weighted by Gasteiger charge is -2.08. The predicted molar refractivity (Wildman–Crippen MR) is 208 cm³/mol. The second-order valence-electron chi connectivity index (χ2n) is 14.3. The van der Waals surface area contributed by atoms with Gasteiger partial charge in [-0.15, -0.1) is 10.2 Å². The topological polar surface area (TPSA) is 155 Å². The van der Waals surface area contributed by atoms with E-state index in [0.717, 1.165) is 42.5 Å². The zero-order valence-electron chi connectivity index (χ0n) is 30.9. The van der Waals surface area contributed by atoms with Crippen molar-refractivity contribution in [1.29, 1.82) is 0 Å². The Hall–Kier alpha value is -5.94. The van der Waals surface area contributed by atoms with E-state index in [2.05, 4.69) is 43.5 Å². The molecule has 4 heterocycles. The van der Waals surface area contributed by atoms with Crippen LogP contribution < -0.4 is 18.9 Å². The molecule has 0 saturated heterocycles. The van der Waals surface area contributed by atoms with E-state index in [1.54, 1.807) is 60.9 Å². The van der Waals surface area contributed by atoms with E-state index in [4.69, 9.17) is 9.47 Å². The second-order valence-corrected chi connectivity index (χ2v) is 16.4. The molecule has 4 aromatic heterocycles. The van der Waals surface area contributed by atoms with Crippen molar-refractivity contribution in [3.63, 3.8) is 0 Å². The highest BCUT2D eigenvalue weighted by Crippen LogP contribution is 2.45. The molecule has 1 unspecified atom stereocenters. The quantitative estimate of drug-likeness (QED) is 0.0863. The number of hydrogen-bond acceptors (Lipinski definition) is 10. The van der Waals surface area contributed by atoms with Crippen molar-refractivity contribution in [2.75, 3.05) is 13.2 Å². The summed E-state index contributed by atoms with van der Waals surface area (Å²) < 4.78 is 60.0. The number of pyridine rings is 2. The summed E-state index contributed by atoms with van der Waals surface area (Å²) in [5.74, 6) is -1.82. The average molecular weight is 813 g/mol. The van der Waals surface area contributed by atoms with Gasteiger partial charge in [0.15, 0.2) is 22.6 Å². The van der Waals surface area contributed by atoms with Crippen LogP contribution in [-0.2, 0) is 11.0 Å². The molecule has 2 aromatic carbocycles. The second kappa shape index (κ2) is 17.1. The summed E-state index contributed by atoms with van der Waals surface area (Å²) in [6, 6.07) is 26.7. The van der Waals surface area contributed by atoms with Crippen LogP contribution in [-0.4, -0.2) is 58.8 Å². The minimum atomic E-state index is -1.79. The van der Waals surface area contributed by atoms with Gasteiger partial charge in [0.05, 0.1) is 29.2 Å². The van der Waals surface area contributed by atoms with Gasteiger partial charge in [-0.1, -0.05) is 50.2 Å². The first-order valence-electron chi connectivity index (χ1n) is 18.0. The third-order valence-corrected chi connectivity index (χ3v) is 11.1. The lowest BCUT2D eigenvalue weighted by molar-refractivity contribution is 0.0970. The molecule has 2 aliphatic carbocycles. The average Bonchev–Trinajstić information content (AvgIpc) is 3.99. The minimum absolute atomic E-state index is 0.127. The molecule has 2 fully saturated rings. The van der Waals surface area contributed by atoms with Crippen molar-refractivity contribution in [1.82, 2.24) is 39.0 Å². The smallest absolute Gasteiger partial charge is 0.267 e. The highest BCUT2D eigenvalue weighted by Gasteiger charge is 2.39. The molecule has 0 aliphatic heterocycles. The van der Waals surface area contributed by atoms with Gasteiger partial charge in [-0.2, -0.15) is 18.7 Å². The SMILES string of the molecule is CC1(COc2ccn(-c3ccc(C(=O)NS(=O)c4ccccc4)c(F)n3)n2)CC1.CC1(COc2ccn(-c3ccc(C(=O)NSc4ccccc4)c(F)n3)n2)CC1. The fourth-order valence-electron chi connectivity index (χ4n) is 5.07. The number of carbonyl (C=O) groups excluding carboxylic acids is 2. The molecule has 13 nitrogen and oxygen atoms in total. The van der Waals surface area contributed by atoms with Crippen LogP contribution in [0.4, 0.5) is 8.78 Å². The van der Waals surface area contributed by atoms with Gasteiger partial charge < -0.3 is 9.47 Å². The zero-order chi connectivity index (χ0) is 40.0. The van der Waals surface area contributed by atoms with Crippen LogP contribution in [0.5, 0.6) is 11.8 Å². The van der Waals surface area contributed by atoms with E-state index in [1.807, 2.05) is 30.3 Å². The number of nitrogens with zero attached hydrogens (tertiary/aromatic N) is 6. The minimum Gasteiger partial charge on any atom is -0.476 e. The summed E-state index contributed by atoms with van der Waals surface area (Å²) in [4.78, 5) is 33.4. The molecule has 2 saturated carbocycles. The Morgan fingerprint density at radius 3 is 1.65 bits per heavy atom. The van der Waals surface area contributed by atoms with Crippen LogP contribution in [0.15, 0.2) is 119 Å². The van der Waals surface area contributed by atoms with E-state index in [-0.39, 0.29) is 33.6 Å². The number of hydrogen-bond donors (Lipinski definition) is 2. The number of aromatic nitrogens is 6. The molecule has 57 heavy (non-hydrogen) atoms. The monoisotopic (exact) mass is 812 g/mol. The van der Waals surface area contributed by atoms with Crippen molar-refractivity contribution in [3.05, 3.63) is 132 Å². The van der Waals surface area contributed by atoms with Crippen molar-refractivity contribution < 1.29 is 32.1 Å². The lowest BCUT2D eigenvalue weighted by atomic mass is 10.2. The summed E-state index contributed by atoms with van der Waals surface area (Å²) in [5, 5.41) is 8.49. The molecule has 8 rings (SSSR count). The van der Waals surface area contributed by atoms with E-state index in [9.17, 15) is 22.6 Å². The van der Waals surface area contributed by atoms with Crippen LogP contribution in [0, 0.1) is 22.7 Å². The third kappa shape index (κ3) is 10.5. The molecular formula is C40H38F2N8O5S2. The predicted octanol–water partition coefficient (Wildman–Crippen LogP) is 7.06. The molecule has 17 heteroatoms. The maximum Gasteiger partial charge on any atom is 0.267 e. The molecule has 2 N–H and O–H groups in total. The van der Waals surface area contributed by atoms with Crippen LogP contribution >= 0.6 is 11.9 Å². The van der Waals surface area contributed by atoms with Crippen LogP contribution in [0.25, 0.3) is 11.6 Å². The lowest BCUT2D eigenvalue weighted by Crippen LogP contribution is -2.27. The molecule has 2 aliphatic rings. The summed E-state index contributed by atoms with van der Waals surface area (Å²) in [7, 11) is -1.79. The van der Waals surface area contributed by atoms with E-state index < -0.39 is 34.7 Å². The first kappa shape index (κ1) is 39.3. The normalized spacial score (nSPS) is 15.0. The number of amides is 2. The fraction of sp³-hybridized carbons (Fsp3) is 0.250. The van der Waals surface area contributed by atoms with E-state index in [1.165, 1.54) is 27.6 Å². The largest absolute Gasteiger partial charge is 0.476 e. The van der Waals surface area contributed by atoms with Gasteiger partial charge in [-0.05, 0) is 86.2 Å². The maximum atomic E-state index is 14.4. The fourth-order valence-corrected chi connectivity index (χ4v) is 6.48. The van der Waals surface area contributed by atoms with Gasteiger partial charge in [-0.25, -0.2) is 13.6 Å². The Balaban J connectivity index is 0.000000174. The first-order chi connectivity index (χ1) is 27.5. The van der Waals surface area contributed by atoms with Gasteiger partial charge in [0.2, 0.25) is 23.7 Å². The van der Waals surface area contributed by atoms with Crippen LogP contribution in [0.3, 0.4) is 0 Å². The van der Waals surface area contributed by atoms with E-state index >= 15 is 0 Å². The standard InChI is InChI=1S/C20H19FN4O3S.C20H19FN4O2S/c1-20(10-11-20)13-28-17-9-12-25(23-17)16-8-7-15(18(21)22-16)19(26)24-29(27)14-5-3-2-4-6-14;1-20(10-11-20)13-27-17-9-12-25(23-17)16-8-7-15(18(21)22-16)19(26)24-28-14-5-3-2-4-6-14/h2-9,12H,10-11,13H2,1H3,(H,24,26);2-9,12H,10-11,13H2,1H3,(H,24,26). The molecule has 6 aromatic rings. The van der Waals surface area contributed by atoms with Crippen molar-refractivity contribution in [2.45, 2.75) is 49.3 Å². The number of halogens is 2. The Morgan fingerprint density at radius 2 is 1.18 bits per heavy atom. The molecule has 0 spiro atoms. The van der Waals surface area contributed by atoms with Gasteiger partial charge in [0, 0.05) is 40.3 Å². The number of carbonyl (C=O) groups is 2. The molecule has 1 atom stereocenters. The zero-order valence-corrected chi connectivity index (χ0v) is 32.6. The van der Waals surface area contributed by atoms with E-state index in [0.29, 0.717) is 29.9 Å². The highest BCUT2D eigenvalue weighted by atomic mass is 32.2. The van der Waals surface area contributed by atoms with Gasteiger partial charge >= 0.3 is 0 Å². The number of rotatable bonds is 14. The summed E-state index contributed by atoms with van der Waals surface area (Å²) in [6.45, 7) is 5.52. The number of nitrogens with one attached hydrogen (secondary N) is 2. The van der Waals surface area contributed by atoms with Gasteiger partial charge in [-0.3, -0.25) is 19.0 Å². The Bertz CT molecular complexity index is 2390. The van der Waals surface area contributed by atoms with Crippen molar-refractivity contribution >= 4 is 34.7 Å². The number of benzene rings is 2. The summed E-state index contributed by atoms with van der Waals surface area (Å²) in [6.07, 6.45) is 7.85. The Morgan fingerprint density at radius 1 is 0.702 bits per heavy atom. The Kier molecular flexibility index (Phi) is 11.8. The molecule has 0 bridgehead atoms. The first-order valence-corrected chi connectivity index (χ1v) is 19.9. The Labute approximate surface area is 333 Å². The van der Waals surface area contributed by atoms with Crippen molar-refractivity contribution in [3.8, 4) is 23.4 Å². The van der Waals surface area contributed by atoms with Crippen LogP contribution in [0.1, 0.15) is 60.2 Å². The molecule has 2 amide bonds. The summed E-state index contributed by atoms with van der Waals surface area (Å²) in [5.41, 5.74) is 0.0463. The van der Waals surface area contributed by atoms with Gasteiger partial charge in [0.1, 0.15) is 0 Å². The summed E-state index contributed by atoms with van der Waals surface area (Å²) >= 11 is 1.12. The molecule has 294 valence electrons.